The molecule has 0 saturated carbocycles. The summed E-state index contributed by atoms with van der Waals surface area (Å²) >= 11 is 0. The zero-order valence-electron chi connectivity index (χ0n) is 15.2. The largest absolute Gasteiger partial charge is 1.00 e. The molecule has 3 rings (SSSR count). The summed E-state index contributed by atoms with van der Waals surface area (Å²) in [6.45, 7) is 0.241. The van der Waals surface area contributed by atoms with E-state index in [9.17, 15) is 14.9 Å². The quantitative estimate of drug-likeness (QED) is 0.229. The Morgan fingerprint density at radius 3 is 2.29 bits per heavy atom. The summed E-state index contributed by atoms with van der Waals surface area (Å²) in [5.74, 6) is 0.659. The molecule has 0 amide bonds. The van der Waals surface area contributed by atoms with Gasteiger partial charge < -0.3 is 21.7 Å². The van der Waals surface area contributed by atoms with E-state index in [1.54, 1.807) is 43.5 Å². The fourth-order valence-corrected chi connectivity index (χ4v) is 2.74. The predicted octanol–water partition coefficient (Wildman–Crippen LogP) is 0.369. The first kappa shape index (κ1) is 21.2. The van der Waals surface area contributed by atoms with Crippen molar-refractivity contribution in [3.05, 3.63) is 99.9 Å². The second-order valence-corrected chi connectivity index (χ2v) is 6.13. The van der Waals surface area contributed by atoms with Gasteiger partial charge >= 0.3 is 0 Å². The number of ketones is 1. The molecule has 0 spiro atoms. The molecule has 0 bridgehead atoms. The molecule has 0 aliphatic carbocycles. The minimum absolute atomic E-state index is 0. The molecule has 1 aromatic heterocycles. The maximum Gasteiger partial charge on any atom is 0.269 e. The van der Waals surface area contributed by atoms with Gasteiger partial charge in [-0.1, -0.05) is 24.3 Å². The van der Waals surface area contributed by atoms with Gasteiger partial charge in [0, 0.05) is 29.8 Å². The molecule has 1 heterocycles. The fraction of sp³-hybridized carbons (Fsp3) is 0.143. The van der Waals surface area contributed by atoms with Gasteiger partial charge in [-0.25, -0.2) is 0 Å². The summed E-state index contributed by atoms with van der Waals surface area (Å²) in [5, 5.41) is 10.7. The second-order valence-electron chi connectivity index (χ2n) is 6.13. The van der Waals surface area contributed by atoms with E-state index in [0.717, 1.165) is 11.1 Å². The van der Waals surface area contributed by atoms with Gasteiger partial charge in [0.25, 0.3) is 5.69 Å². The van der Waals surface area contributed by atoms with Gasteiger partial charge in [0.15, 0.2) is 12.4 Å². The fourth-order valence-electron chi connectivity index (χ4n) is 2.74. The van der Waals surface area contributed by atoms with Crippen LogP contribution in [-0.4, -0.2) is 17.8 Å². The van der Waals surface area contributed by atoms with Crippen molar-refractivity contribution < 1.29 is 36.0 Å². The molecule has 0 fully saturated rings. The molecule has 2 aromatic carbocycles. The molecule has 0 saturated heterocycles. The molecule has 0 radical (unpaired) electrons. The summed E-state index contributed by atoms with van der Waals surface area (Å²) in [6.07, 6.45) is 4.39. The van der Waals surface area contributed by atoms with E-state index in [0.29, 0.717) is 17.7 Å². The van der Waals surface area contributed by atoms with E-state index in [2.05, 4.69) is 0 Å². The average molecular weight is 443 g/mol. The number of aromatic nitrogens is 1. The van der Waals surface area contributed by atoms with Crippen molar-refractivity contribution in [1.29, 1.82) is 0 Å². The van der Waals surface area contributed by atoms with Crippen LogP contribution in [0.4, 0.5) is 5.69 Å². The van der Waals surface area contributed by atoms with Gasteiger partial charge in [0.2, 0.25) is 12.3 Å². The molecule has 144 valence electrons. The summed E-state index contributed by atoms with van der Waals surface area (Å²) in [4.78, 5) is 22.7. The number of ether oxygens (including phenoxy) is 1. The summed E-state index contributed by atoms with van der Waals surface area (Å²) in [7, 11) is 1.57. The third-order valence-corrected chi connectivity index (χ3v) is 4.23. The van der Waals surface area contributed by atoms with E-state index >= 15 is 0 Å². The molecule has 0 atom stereocenters. The van der Waals surface area contributed by atoms with E-state index in [1.807, 2.05) is 29.1 Å². The molecule has 28 heavy (non-hydrogen) atoms. The average Bonchev–Trinajstić information content (AvgIpc) is 2.70. The zero-order valence-corrected chi connectivity index (χ0v) is 16.8. The topological polar surface area (TPSA) is 73.3 Å². The third-order valence-electron chi connectivity index (χ3n) is 4.23. The van der Waals surface area contributed by atoms with Crippen LogP contribution < -0.4 is 26.3 Å². The normalized spacial score (nSPS) is 10.0. The van der Waals surface area contributed by atoms with Crippen LogP contribution in [0.15, 0.2) is 73.1 Å². The molecule has 0 aliphatic rings. The number of carbonyl (C=O) groups excluding carboxylic acids is 1. The van der Waals surface area contributed by atoms with Crippen LogP contribution in [0.3, 0.4) is 0 Å². The Bertz CT molecular complexity index is 957. The number of nitro benzene ring substituents is 1. The van der Waals surface area contributed by atoms with Crippen molar-refractivity contribution in [2.24, 2.45) is 0 Å². The number of hydrogen-bond acceptors (Lipinski definition) is 4. The number of Topliss-reactive ketones (excluding diaryl/α,β-unsaturated/α-hetero) is 1. The number of nitrogens with zero attached hydrogens (tertiary/aromatic N) is 2. The molecule has 0 unspecified atom stereocenters. The van der Waals surface area contributed by atoms with E-state index in [-0.39, 0.29) is 35.0 Å². The van der Waals surface area contributed by atoms with Crippen molar-refractivity contribution in [3.63, 3.8) is 0 Å². The molecular weight excluding hydrogens is 424 g/mol. The SMILES string of the molecule is COc1cccc(C(=O)C[n+]2ccc(Cc3ccc([N+](=O)[O-])cc3)cc2)c1.[Br-]. The van der Waals surface area contributed by atoms with Gasteiger partial charge in [-0.05, 0) is 29.7 Å². The van der Waals surface area contributed by atoms with Gasteiger partial charge in [0.1, 0.15) is 5.75 Å². The first-order chi connectivity index (χ1) is 13.0. The van der Waals surface area contributed by atoms with Crippen molar-refractivity contribution >= 4 is 11.5 Å². The summed E-state index contributed by atoms with van der Waals surface area (Å²) < 4.78 is 6.97. The number of methoxy groups -OCH3 is 1. The highest BCUT2D eigenvalue weighted by Gasteiger charge is 2.13. The van der Waals surface area contributed by atoms with Crippen LogP contribution in [0.2, 0.25) is 0 Å². The molecule has 0 N–H and O–H groups in total. The lowest BCUT2D eigenvalue weighted by molar-refractivity contribution is -0.683. The second kappa shape index (κ2) is 9.75. The molecule has 7 heteroatoms. The number of halogens is 1. The van der Waals surface area contributed by atoms with Crippen LogP contribution in [0.5, 0.6) is 5.75 Å². The van der Waals surface area contributed by atoms with Crippen LogP contribution >= 0.6 is 0 Å². The Morgan fingerprint density at radius 1 is 1.04 bits per heavy atom. The molecule has 3 aromatic rings. The van der Waals surface area contributed by atoms with Gasteiger partial charge in [0.05, 0.1) is 12.0 Å². The number of carbonyl (C=O) groups is 1. The van der Waals surface area contributed by atoms with Crippen molar-refractivity contribution in [3.8, 4) is 5.75 Å². The lowest BCUT2D eigenvalue weighted by atomic mass is 10.1. The Morgan fingerprint density at radius 2 is 1.68 bits per heavy atom. The maximum atomic E-state index is 12.4. The van der Waals surface area contributed by atoms with Gasteiger partial charge in [-0.2, -0.15) is 4.57 Å². The Labute approximate surface area is 173 Å². The van der Waals surface area contributed by atoms with E-state index in [1.165, 1.54) is 12.1 Å². The zero-order chi connectivity index (χ0) is 19.2. The Balaban J connectivity index is 0.00000280. The van der Waals surface area contributed by atoms with E-state index < -0.39 is 4.92 Å². The number of pyridine rings is 1. The highest BCUT2D eigenvalue weighted by molar-refractivity contribution is 5.95. The van der Waals surface area contributed by atoms with Crippen molar-refractivity contribution in [1.82, 2.24) is 0 Å². The standard InChI is InChI=1S/C21H19N2O4.BrH/c1-27-20-4-2-3-18(14-20)21(24)15-22-11-9-17(10-12-22)13-16-5-7-19(8-6-16)23(25)26;/h2-12,14H,13,15H2,1H3;1H/q+1;/p-1. The maximum absolute atomic E-state index is 12.4. The Hall–Kier alpha value is -3.06. The number of hydrogen-bond donors (Lipinski definition) is 0. The minimum Gasteiger partial charge on any atom is -1.00 e. The van der Waals surface area contributed by atoms with Crippen molar-refractivity contribution in [2.45, 2.75) is 13.0 Å². The highest BCUT2D eigenvalue weighted by atomic mass is 79.9. The number of non-ortho nitro benzene ring substituents is 1. The lowest BCUT2D eigenvalue weighted by Gasteiger charge is -2.03. The Kier molecular flexibility index (Phi) is 7.40. The summed E-state index contributed by atoms with van der Waals surface area (Å²) in [5.41, 5.74) is 2.75. The van der Waals surface area contributed by atoms with Crippen LogP contribution in [0, 0.1) is 10.1 Å². The first-order valence-corrected chi connectivity index (χ1v) is 8.44. The monoisotopic (exact) mass is 442 g/mol. The number of nitro groups is 1. The van der Waals surface area contributed by atoms with Crippen LogP contribution in [0.25, 0.3) is 0 Å². The lowest BCUT2D eigenvalue weighted by Crippen LogP contribution is -3.00. The molecule has 0 aliphatic heterocycles. The molecular formula is C21H19BrN2O4. The number of benzene rings is 2. The van der Waals surface area contributed by atoms with E-state index in [4.69, 9.17) is 4.74 Å². The number of rotatable bonds is 7. The smallest absolute Gasteiger partial charge is 0.269 e. The summed E-state index contributed by atoms with van der Waals surface area (Å²) in [6, 6.07) is 17.5. The minimum atomic E-state index is -0.408. The highest BCUT2D eigenvalue weighted by Crippen LogP contribution is 2.15. The van der Waals surface area contributed by atoms with Crippen LogP contribution in [-0.2, 0) is 13.0 Å². The van der Waals surface area contributed by atoms with Gasteiger partial charge in [-0.3, -0.25) is 14.9 Å². The predicted molar refractivity (Wildman–Crippen MR) is 99.9 cm³/mol. The first-order valence-electron chi connectivity index (χ1n) is 8.44. The third kappa shape index (κ3) is 5.47. The van der Waals surface area contributed by atoms with Crippen molar-refractivity contribution in [2.75, 3.05) is 7.11 Å². The molecule has 6 nitrogen and oxygen atoms in total. The van der Waals surface area contributed by atoms with Crippen LogP contribution in [0.1, 0.15) is 21.5 Å². The van der Waals surface area contributed by atoms with Gasteiger partial charge in [-0.15, -0.1) is 0 Å².